The fourth-order valence-corrected chi connectivity index (χ4v) is 2.16. The molecule has 5 nitrogen and oxygen atoms in total. The first-order valence-electron chi connectivity index (χ1n) is 6.41. The van der Waals surface area contributed by atoms with E-state index < -0.39 is 0 Å². The van der Waals surface area contributed by atoms with E-state index in [4.69, 9.17) is 28.3 Å². The van der Waals surface area contributed by atoms with Crippen LogP contribution in [0.5, 0.6) is 0 Å². The van der Waals surface area contributed by atoms with Gasteiger partial charge in [0.05, 0.1) is 10.7 Å². The number of halogens is 2. The Morgan fingerprint density at radius 3 is 2.86 bits per heavy atom. The summed E-state index contributed by atoms with van der Waals surface area (Å²) >= 11 is 11.9. The second kappa shape index (κ2) is 6.93. The fraction of sp³-hybridized carbons (Fsp3) is 0.286. The van der Waals surface area contributed by atoms with Gasteiger partial charge in [-0.25, -0.2) is 4.68 Å². The van der Waals surface area contributed by atoms with E-state index in [1.54, 1.807) is 30.5 Å². The van der Waals surface area contributed by atoms with Gasteiger partial charge in [0.1, 0.15) is 0 Å². The highest BCUT2D eigenvalue weighted by molar-refractivity contribution is 6.35. The summed E-state index contributed by atoms with van der Waals surface area (Å²) < 4.78 is 1.52. The number of aliphatic hydroxyl groups is 1. The van der Waals surface area contributed by atoms with Crippen LogP contribution >= 0.6 is 23.2 Å². The first-order valence-corrected chi connectivity index (χ1v) is 7.17. The summed E-state index contributed by atoms with van der Waals surface area (Å²) in [5, 5.41) is 16.8. The number of amides is 1. The highest BCUT2D eigenvalue weighted by atomic mass is 35.5. The van der Waals surface area contributed by atoms with E-state index in [-0.39, 0.29) is 24.1 Å². The van der Waals surface area contributed by atoms with Crippen LogP contribution in [0.2, 0.25) is 10.0 Å². The topological polar surface area (TPSA) is 67.2 Å². The van der Waals surface area contributed by atoms with Crippen molar-refractivity contribution >= 4 is 29.1 Å². The van der Waals surface area contributed by atoms with Crippen LogP contribution in [0.4, 0.5) is 0 Å². The first-order chi connectivity index (χ1) is 10.0. The van der Waals surface area contributed by atoms with Crippen molar-refractivity contribution in [3.63, 3.8) is 0 Å². The minimum absolute atomic E-state index is 0.00162. The molecule has 0 saturated carbocycles. The summed E-state index contributed by atoms with van der Waals surface area (Å²) in [6.07, 6.45) is 1.65. The number of carbonyl (C=O) groups is 1. The lowest BCUT2D eigenvalue weighted by Crippen LogP contribution is -2.29. The van der Waals surface area contributed by atoms with Gasteiger partial charge in [0, 0.05) is 24.4 Å². The predicted octanol–water partition coefficient (Wildman–Crippen LogP) is 2.54. The number of carbonyl (C=O) groups excluding carboxylic acids is 1. The van der Waals surface area contributed by atoms with Gasteiger partial charge in [0.2, 0.25) is 0 Å². The molecule has 0 aliphatic carbocycles. The van der Waals surface area contributed by atoms with Crippen LogP contribution in [0.15, 0.2) is 30.5 Å². The minimum Gasteiger partial charge on any atom is -0.396 e. The molecule has 1 aromatic carbocycles. The lowest BCUT2D eigenvalue weighted by molar-refractivity contribution is 0.0937. The molecule has 0 fully saturated rings. The molecule has 0 aliphatic rings. The van der Waals surface area contributed by atoms with Gasteiger partial charge in [-0.05, 0) is 30.2 Å². The van der Waals surface area contributed by atoms with Gasteiger partial charge < -0.3 is 10.4 Å². The maximum atomic E-state index is 11.9. The molecule has 1 amide bonds. The van der Waals surface area contributed by atoms with E-state index in [1.807, 2.05) is 6.92 Å². The Hall–Kier alpha value is -1.56. The van der Waals surface area contributed by atoms with Crippen LogP contribution in [0.1, 0.15) is 17.4 Å². The highest BCUT2D eigenvalue weighted by Crippen LogP contribution is 2.23. The Morgan fingerprint density at radius 1 is 1.43 bits per heavy atom. The number of hydrogen-bond acceptors (Lipinski definition) is 3. The quantitative estimate of drug-likeness (QED) is 0.886. The number of aliphatic hydroxyl groups excluding tert-OH is 1. The predicted molar refractivity (Wildman–Crippen MR) is 82.2 cm³/mol. The molecule has 2 N–H and O–H groups in total. The van der Waals surface area contributed by atoms with Crippen molar-refractivity contribution in [3.05, 3.63) is 46.2 Å². The van der Waals surface area contributed by atoms with Crippen LogP contribution < -0.4 is 5.32 Å². The number of aromatic nitrogens is 2. The van der Waals surface area contributed by atoms with Gasteiger partial charge in [-0.15, -0.1) is 0 Å². The van der Waals surface area contributed by atoms with Crippen molar-refractivity contribution in [1.82, 2.24) is 15.1 Å². The summed E-state index contributed by atoms with van der Waals surface area (Å²) in [6.45, 7) is 2.26. The van der Waals surface area contributed by atoms with Crippen LogP contribution in [0.3, 0.4) is 0 Å². The summed E-state index contributed by atoms with van der Waals surface area (Å²) in [7, 11) is 0. The zero-order valence-corrected chi connectivity index (χ0v) is 12.9. The highest BCUT2D eigenvalue weighted by Gasteiger charge is 2.12. The Bertz CT molecular complexity index is 643. The van der Waals surface area contributed by atoms with Crippen molar-refractivity contribution in [3.8, 4) is 5.69 Å². The third kappa shape index (κ3) is 3.97. The smallest absolute Gasteiger partial charge is 0.271 e. The summed E-state index contributed by atoms with van der Waals surface area (Å²) in [6, 6.07) is 6.65. The zero-order valence-electron chi connectivity index (χ0n) is 11.4. The van der Waals surface area contributed by atoms with Gasteiger partial charge in [0.25, 0.3) is 5.91 Å². The second-order valence-corrected chi connectivity index (χ2v) is 5.58. The van der Waals surface area contributed by atoms with Crippen LogP contribution in [-0.2, 0) is 0 Å². The molecular formula is C14H15Cl2N3O2. The summed E-state index contributed by atoms with van der Waals surface area (Å²) in [4.78, 5) is 11.9. The molecule has 1 heterocycles. The lowest BCUT2D eigenvalue weighted by atomic mass is 10.2. The second-order valence-electron chi connectivity index (χ2n) is 4.74. The zero-order chi connectivity index (χ0) is 15.4. The molecule has 1 unspecified atom stereocenters. The first kappa shape index (κ1) is 15.8. The average Bonchev–Trinajstić information content (AvgIpc) is 2.93. The molecule has 2 aromatic rings. The van der Waals surface area contributed by atoms with Crippen molar-refractivity contribution < 1.29 is 9.90 Å². The molecule has 112 valence electrons. The van der Waals surface area contributed by atoms with Gasteiger partial charge in [-0.1, -0.05) is 30.1 Å². The molecule has 7 heteroatoms. The number of nitrogens with one attached hydrogen (secondary N) is 1. The van der Waals surface area contributed by atoms with Crippen LogP contribution in [0.25, 0.3) is 5.69 Å². The van der Waals surface area contributed by atoms with Crippen molar-refractivity contribution in [2.45, 2.75) is 6.92 Å². The Labute approximate surface area is 132 Å². The Balaban J connectivity index is 2.12. The Morgan fingerprint density at radius 2 is 2.19 bits per heavy atom. The molecule has 1 aromatic heterocycles. The maximum absolute atomic E-state index is 11.9. The molecule has 0 spiro atoms. The van der Waals surface area contributed by atoms with Crippen molar-refractivity contribution in [1.29, 1.82) is 0 Å². The Kier molecular flexibility index (Phi) is 5.22. The van der Waals surface area contributed by atoms with Gasteiger partial charge >= 0.3 is 0 Å². The minimum atomic E-state index is -0.292. The van der Waals surface area contributed by atoms with E-state index in [0.717, 1.165) is 0 Å². The molecule has 1 atom stereocenters. The number of hydrogen-bond donors (Lipinski definition) is 2. The van der Waals surface area contributed by atoms with E-state index >= 15 is 0 Å². The van der Waals surface area contributed by atoms with Crippen molar-refractivity contribution in [2.24, 2.45) is 5.92 Å². The third-order valence-electron chi connectivity index (χ3n) is 2.90. The normalized spacial score (nSPS) is 12.2. The largest absolute Gasteiger partial charge is 0.396 e. The fourth-order valence-electron chi connectivity index (χ4n) is 1.67. The molecule has 0 aliphatic heterocycles. The molecule has 0 radical (unpaired) electrons. The van der Waals surface area contributed by atoms with E-state index in [1.165, 1.54) is 4.68 Å². The molecule has 2 rings (SSSR count). The van der Waals surface area contributed by atoms with Gasteiger partial charge in [-0.2, -0.15) is 5.10 Å². The number of benzene rings is 1. The van der Waals surface area contributed by atoms with Gasteiger partial charge in [-0.3, -0.25) is 4.79 Å². The summed E-state index contributed by atoms with van der Waals surface area (Å²) in [5.41, 5.74) is 0.926. The standard InChI is InChI=1S/C14H15Cl2N3O2/c1-9(8-20)7-17-14(21)12-4-5-19(18-12)13-3-2-10(15)6-11(13)16/h2-6,9,20H,7-8H2,1H3,(H,17,21). The molecule has 21 heavy (non-hydrogen) atoms. The molecule has 0 bridgehead atoms. The van der Waals surface area contributed by atoms with E-state index in [0.29, 0.717) is 22.3 Å². The van der Waals surface area contributed by atoms with Crippen LogP contribution in [0, 0.1) is 5.92 Å². The SMILES string of the molecule is CC(CO)CNC(=O)c1ccn(-c2ccc(Cl)cc2Cl)n1. The van der Waals surface area contributed by atoms with Crippen LogP contribution in [-0.4, -0.2) is 33.9 Å². The molecule has 0 saturated heterocycles. The monoisotopic (exact) mass is 327 g/mol. The number of rotatable bonds is 5. The van der Waals surface area contributed by atoms with Crippen molar-refractivity contribution in [2.75, 3.05) is 13.2 Å². The van der Waals surface area contributed by atoms with E-state index in [9.17, 15) is 4.79 Å². The third-order valence-corrected chi connectivity index (χ3v) is 3.44. The van der Waals surface area contributed by atoms with E-state index in [2.05, 4.69) is 10.4 Å². The lowest BCUT2D eigenvalue weighted by Gasteiger charge is -2.08. The number of nitrogens with zero attached hydrogens (tertiary/aromatic N) is 2. The summed E-state index contributed by atoms with van der Waals surface area (Å²) in [5.74, 6) is -0.291. The maximum Gasteiger partial charge on any atom is 0.271 e. The molecular weight excluding hydrogens is 313 g/mol. The van der Waals surface area contributed by atoms with Gasteiger partial charge in [0.15, 0.2) is 5.69 Å². The average molecular weight is 328 g/mol.